The van der Waals surface area contributed by atoms with Crippen molar-refractivity contribution in [2.45, 2.75) is 52.5 Å². The smallest absolute Gasteiger partial charge is 0.308 e. The fourth-order valence-corrected chi connectivity index (χ4v) is 5.02. The van der Waals surface area contributed by atoms with E-state index in [2.05, 4.69) is 5.32 Å². The Kier molecular flexibility index (Phi) is 11.6. The molecule has 0 aromatic heterocycles. The second-order valence-corrected chi connectivity index (χ2v) is 11.1. The van der Waals surface area contributed by atoms with Crippen LogP contribution in [0.5, 0.6) is 23.0 Å². The fourth-order valence-electron chi connectivity index (χ4n) is 5.02. The summed E-state index contributed by atoms with van der Waals surface area (Å²) in [7, 11) is 0. The molecule has 3 amide bonds. The number of nitrogens with one attached hydrogen (secondary N) is 3. The highest BCUT2D eigenvalue weighted by atomic mass is 16.5. The Morgan fingerprint density at radius 2 is 1.15 bits per heavy atom. The summed E-state index contributed by atoms with van der Waals surface area (Å²) >= 11 is 0. The van der Waals surface area contributed by atoms with Crippen molar-refractivity contribution in [1.82, 2.24) is 15.4 Å². The van der Waals surface area contributed by atoms with Crippen LogP contribution in [0, 0.1) is 16.7 Å². The molecule has 252 valence electrons. The maximum Gasteiger partial charge on any atom is 0.308 e. The molecular weight excluding hydrogens is 622 g/mol. The number of carbonyl (C=O) groups is 4. The number of carbonyl (C=O) groups excluding carboxylic acids is 4. The van der Waals surface area contributed by atoms with Crippen molar-refractivity contribution < 1.29 is 43.8 Å². The van der Waals surface area contributed by atoms with E-state index in [9.17, 15) is 29.6 Å². The molecule has 0 saturated heterocycles. The van der Waals surface area contributed by atoms with Crippen LogP contribution in [-0.2, 0) is 19.1 Å². The maximum absolute atomic E-state index is 13.4. The van der Waals surface area contributed by atoms with Crippen molar-refractivity contribution >= 4 is 35.4 Å². The van der Waals surface area contributed by atoms with Crippen molar-refractivity contribution in [3.63, 3.8) is 0 Å². The van der Waals surface area contributed by atoms with Crippen LogP contribution < -0.4 is 14.8 Å². The van der Waals surface area contributed by atoms with E-state index in [0.29, 0.717) is 43.8 Å². The zero-order valence-electron chi connectivity index (χ0n) is 26.7. The standard InChI is InChI=1S/C34H37N5O9/c1-4-46-34(43)24-5-11-26(12-6-24)37-33(42)25-17-29(47-27-13-7-22(8-14-27)31(35)38(44)20(2)40)19-30(18-25)48-28-15-9-23(10-16-28)32(36)39(45)21(3)41/h7-10,13-19,24,26,35-36,44-45H,4-6,11-12H2,1-3H3,(H,37,42). The molecule has 0 spiro atoms. The van der Waals surface area contributed by atoms with Crippen LogP contribution in [0.15, 0.2) is 66.7 Å². The summed E-state index contributed by atoms with van der Waals surface area (Å²) < 4.78 is 17.2. The molecule has 1 aliphatic rings. The molecule has 1 fully saturated rings. The number of esters is 1. The lowest BCUT2D eigenvalue weighted by Gasteiger charge is -2.28. The van der Waals surface area contributed by atoms with Crippen molar-refractivity contribution in [3.8, 4) is 23.0 Å². The molecule has 5 N–H and O–H groups in total. The number of ether oxygens (including phenoxy) is 3. The fraction of sp³-hybridized carbons (Fsp3) is 0.294. The third kappa shape index (κ3) is 9.02. The first-order chi connectivity index (χ1) is 22.9. The lowest BCUT2D eigenvalue weighted by atomic mass is 9.86. The quantitative estimate of drug-likeness (QED) is 0.0633. The van der Waals surface area contributed by atoms with E-state index in [1.54, 1.807) is 13.0 Å². The average Bonchev–Trinajstić information content (AvgIpc) is 3.07. The van der Waals surface area contributed by atoms with E-state index >= 15 is 0 Å². The van der Waals surface area contributed by atoms with Crippen LogP contribution >= 0.6 is 0 Å². The predicted octanol–water partition coefficient (Wildman–Crippen LogP) is 5.25. The van der Waals surface area contributed by atoms with E-state index in [1.807, 2.05) is 0 Å². The SMILES string of the molecule is CCOC(=O)C1CCC(NC(=O)c2cc(Oc3ccc(C(=N)N(O)C(C)=O)cc3)cc(Oc3ccc(C(=N)N(O)C(C)=O)cc3)c2)CC1. The number of rotatable bonds is 10. The first-order valence-electron chi connectivity index (χ1n) is 15.2. The van der Waals surface area contributed by atoms with E-state index in [0.717, 1.165) is 13.8 Å². The normalized spacial score (nSPS) is 15.4. The van der Waals surface area contributed by atoms with Gasteiger partial charge in [0.15, 0.2) is 11.7 Å². The minimum Gasteiger partial charge on any atom is -0.466 e. The van der Waals surface area contributed by atoms with Crippen molar-refractivity contribution in [3.05, 3.63) is 83.4 Å². The number of amides is 3. The minimum absolute atomic E-state index is 0.148. The summed E-state index contributed by atoms with van der Waals surface area (Å²) in [6.07, 6.45) is 2.43. The van der Waals surface area contributed by atoms with Gasteiger partial charge in [0.1, 0.15) is 23.0 Å². The number of benzene rings is 3. The van der Waals surface area contributed by atoms with Crippen LogP contribution in [0.2, 0.25) is 0 Å². The summed E-state index contributed by atoms with van der Waals surface area (Å²) in [6, 6.07) is 16.6. The predicted molar refractivity (Wildman–Crippen MR) is 172 cm³/mol. The Morgan fingerprint density at radius 3 is 1.54 bits per heavy atom. The van der Waals surface area contributed by atoms with Gasteiger partial charge in [-0.15, -0.1) is 0 Å². The molecule has 3 aromatic carbocycles. The van der Waals surface area contributed by atoms with Crippen molar-refractivity contribution in [2.75, 3.05) is 6.61 Å². The summed E-state index contributed by atoms with van der Waals surface area (Å²) in [5.41, 5.74) is 0.764. The molecule has 1 saturated carbocycles. The van der Waals surface area contributed by atoms with E-state index in [-0.39, 0.29) is 62.2 Å². The molecule has 0 heterocycles. The highest BCUT2D eigenvalue weighted by molar-refractivity contribution is 6.05. The molecule has 0 aliphatic heterocycles. The summed E-state index contributed by atoms with van der Waals surface area (Å²) in [5, 5.41) is 39.0. The highest BCUT2D eigenvalue weighted by Gasteiger charge is 2.28. The second kappa shape index (κ2) is 15.8. The molecule has 48 heavy (non-hydrogen) atoms. The Hall–Kier alpha value is -5.60. The van der Waals surface area contributed by atoms with Crippen LogP contribution in [0.3, 0.4) is 0 Å². The Bertz CT molecular complexity index is 1590. The molecule has 0 bridgehead atoms. The zero-order chi connectivity index (χ0) is 35.0. The second-order valence-electron chi connectivity index (χ2n) is 11.1. The van der Waals surface area contributed by atoms with Gasteiger partial charge in [0.05, 0.1) is 12.5 Å². The number of nitrogens with zero attached hydrogens (tertiary/aromatic N) is 2. The Balaban J connectivity index is 1.55. The molecule has 0 radical (unpaired) electrons. The van der Waals surface area contributed by atoms with Gasteiger partial charge in [-0.2, -0.15) is 10.1 Å². The largest absolute Gasteiger partial charge is 0.466 e. The highest BCUT2D eigenvalue weighted by Crippen LogP contribution is 2.32. The van der Waals surface area contributed by atoms with Crippen LogP contribution in [0.25, 0.3) is 0 Å². The zero-order valence-corrected chi connectivity index (χ0v) is 26.7. The van der Waals surface area contributed by atoms with Gasteiger partial charge >= 0.3 is 5.97 Å². The van der Waals surface area contributed by atoms with Gasteiger partial charge in [-0.05, 0) is 93.3 Å². The minimum atomic E-state index is -0.714. The molecule has 1 aliphatic carbocycles. The summed E-state index contributed by atoms with van der Waals surface area (Å²) in [6.45, 7) is 4.34. The van der Waals surface area contributed by atoms with Crippen molar-refractivity contribution in [2.24, 2.45) is 5.92 Å². The van der Waals surface area contributed by atoms with Crippen molar-refractivity contribution in [1.29, 1.82) is 10.8 Å². The van der Waals surface area contributed by atoms with Gasteiger partial charge in [-0.25, -0.2) is 0 Å². The molecule has 4 rings (SSSR count). The molecule has 14 nitrogen and oxygen atoms in total. The number of hydrogen-bond donors (Lipinski definition) is 5. The first kappa shape index (κ1) is 35.3. The summed E-state index contributed by atoms with van der Waals surface area (Å²) in [4.78, 5) is 48.4. The monoisotopic (exact) mass is 659 g/mol. The maximum atomic E-state index is 13.4. The van der Waals surface area contributed by atoms with Gasteiger partial charge in [-0.1, -0.05) is 0 Å². The average molecular weight is 660 g/mol. The van der Waals surface area contributed by atoms with Gasteiger partial charge in [0.25, 0.3) is 5.91 Å². The van der Waals surface area contributed by atoms with E-state index in [4.69, 9.17) is 25.0 Å². The number of amidine groups is 2. The Labute approximate surface area is 276 Å². The third-order valence-electron chi connectivity index (χ3n) is 7.57. The summed E-state index contributed by atoms with van der Waals surface area (Å²) in [5.74, 6) is -1.87. The van der Waals surface area contributed by atoms with Gasteiger partial charge in [-0.3, -0.25) is 40.4 Å². The number of hydroxylamine groups is 4. The molecule has 0 atom stereocenters. The first-order valence-corrected chi connectivity index (χ1v) is 15.2. The topological polar surface area (TPSA) is 203 Å². The van der Waals surface area contributed by atoms with Gasteiger partial charge in [0, 0.05) is 42.6 Å². The van der Waals surface area contributed by atoms with Crippen LogP contribution in [-0.4, -0.2) is 68.6 Å². The van der Waals surface area contributed by atoms with Gasteiger partial charge in [0.2, 0.25) is 11.8 Å². The lowest BCUT2D eigenvalue weighted by molar-refractivity contribution is -0.149. The molecule has 3 aromatic rings. The molecular formula is C34H37N5O9. The number of hydrogen-bond acceptors (Lipinski definition) is 11. The van der Waals surface area contributed by atoms with E-state index in [1.165, 1.54) is 60.7 Å². The van der Waals surface area contributed by atoms with Crippen LogP contribution in [0.4, 0.5) is 0 Å². The van der Waals surface area contributed by atoms with Gasteiger partial charge < -0.3 is 19.5 Å². The molecule has 14 heteroatoms. The third-order valence-corrected chi connectivity index (χ3v) is 7.57. The Morgan fingerprint density at radius 1 is 0.708 bits per heavy atom. The van der Waals surface area contributed by atoms with E-state index < -0.39 is 23.5 Å². The lowest BCUT2D eigenvalue weighted by Crippen LogP contribution is -2.39. The van der Waals surface area contributed by atoms with Crippen LogP contribution in [0.1, 0.15) is 67.9 Å². The molecule has 0 unspecified atom stereocenters.